The molecule has 6 heteroatoms. The van der Waals surface area contributed by atoms with E-state index in [0.29, 0.717) is 18.8 Å². The van der Waals surface area contributed by atoms with Crippen LogP contribution in [0.4, 0.5) is 0 Å². The largest absolute Gasteiger partial charge is 0.465 e. The minimum absolute atomic E-state index is 0.350. The minimum atomic E-state index is -0.949. The number of nitrogens with zero attached hydrogens (tertiary/aromatic N) is 1. The Hall–Kier alpha value is -1.53. The first-order chi connectivity index (χ1) is 9.53. The number of hydrogen-bond donors (Lipinski definition) is 2. The van der Waals surface area contributed by atoms with Crippen LogP contribution in [0.25, 0.3) is 11.0 Å². The van der Waals surface area contributed by atoms with E-state index in [1.165, 1.54) is 0 Å². The Morgan fingerprint density at radius 2 is 2.25 bits per heavy atom. The van der Waals surface area contributed by atoms with Crippen molar-refractivity contribution in [2.24, 2.45) is 5.73 Å². The molecule has 1 unspecified atom stereocenters. The lowest BCUT2D eigenvalue weighted by Gasteiger charge is -2.21. The zero-order valence-corrected chi connectivity index (χ0v) is 12.5. The molecule has 108 valence electrons. The van der Waals surface area contributed by atoms with Gasteiger partial charge in [0.15, 0.2) is 5.16 Å². The number of esters is 1. The number of para-hydroxylation sites is 2. The molecule has 0 saturated heterocycles. The number of hydrogen-bond acceptors (Lipinski definition) is 5. The van der Waals surface area contributed by atoms with Gasteiger partial charge in [0.2, 0.25) is 0 Å². The average molecular weight is 293 g/mol. The lowest BCUT2D eigenvalue weighted by molar-refractivity contribution is -0.149. The van der Waals surface area contributed by atoms with Gasteiger partial charge in [0.25, 0.3) is 0 Å². The number of carbonyl (C=O) groups excluding carboxylic acids is 1. The third-order valence-electron chi connectivity index (χ3n) is 2.97. The van der Waals surface area contributed by atoms with E-state index < -0.39 is 5.54 Å². The summed E-state index contributed by atoms with van der Waals surface area (Å²) in [5.41, 5.74) is 6.97. The van der Waals surface area contributed by atoms with Crippen LogP contribution in [0, 0.1) is 0 Å². The zero-order valence-electron chi connectivity index (χ0n) is 11.7. The number of rotatable bonds is 6. The molecule has 0 spiro atoms. The second-order valence-electron chi connectivity index (χ2n) is 4.80. The molecular formula is C14H19N3O2S. The smallest absolute Gasteiger partial charge is 0.325 e. The first-order valence-electron chi connectivity index (χ1n) is 6.56. The molecule has 1 aromatic heterocycles. The maximum Gasteiger partial charge on any atom is 0.325 e. The van der Waals surface area contributed by atoms with E-state index in [1.54, 1.807) is 25.6 Å². The van der Waals surface area contributed by atoms with Gasteiger partial charge < -0.3 is 15.5 Å². The molecule has 1 atom stereocenters. The Morgan fingerprint density at radius 1 is 1.50 bits per heavy atom. The van der Waals surface area contributed by atoms with Crippen molar-refractivity contribution in [3.8, 4) is 0 Å². The van der Waals surface area contributed by atoms with E-state index in [-0.39, 0.29) is 5.97 Å². The SMILES string of the molecule is CCOC(=O)C(C)(N)CCSc1nc2ccccc2[nH]1. The number of nitrogens with two attached hydrogens (primary N) is 1. The highest BCUT2D eigenvalue weighted by Crippen LogP contribution is 2.22. The van der Waals surface area contributed by atoms with E-state index in [4.69, 9.17) is 10.5 Å². The average Bonchev–Trinajstić information content (AvgIpc) is 2.81. The monoisotopic (exact) mass is 293 g/mol. The van der Waals surface area contributed by atoms with Gasteiger partial charge in [-0.25, -0.2) is 4.98 Å². The summed E-state index contributed by atoms with van der Waals surface area (Å²) in [6.07, 6.45) is 0.535. The molecule has 0 amide bonds. The maximum atomic E-state index is 11.7. The fourth-order valence-electron chi connectivity index (χ4n) is 1.76. The molecule has 0 aliphatic rings. The van der Waals surface area contributed by atoms with Crippen molar-refractivity contribution in [1.82, 2.24) is 9.97 Å². The van der Waals surface area contributed by atoms with Crippen LogP contribution in [0.5, 0.6) is 0 Å². The molecule has 1 heterocycles. The highest BCUT2D eigenvalue weighted by atomic mass is 32.2. The number of nitrogens with one attached hydrogen (secondary N) is 1. The summed E-state index contributed by atoms with van der Waals surface area (Å²) < 4.78 is 4.96. The number of H-pyrrole nitrogens is 1. The number of fused-ring (bicyclic) bond motifs is 1. The molecule has 2 rings (SSSR count). The summed E-state index contributed by atoms with van der Waals surface area (Å²) in [6, 6.07) is 7.86. The van der Waals surface area contributed by atoms with Gasteiger partial charge in [-0.05, 0) is 32.4 Å². The van der Waals surface area contributed by atoms with Gasteiger partial charge in [0.05, 0.1) is 17.6 Å². The summed E-state index contributed by atoms with van der Waals surface area (Å²) in [4.78, 5) is 19.4. The summed E-state index contributed by atoms with van der Waals surface area (Å²) in [5.74, 6) is 0.344. The summed E-state index contributed by atoms with van der Waals surface area (Å²) in [5, 5.41) is 0.839. The Kier molecular flexibility index (Phi) is 4.67. The lowest BCUT2D eigenvalue weighted by atomic mass is 10.0. The van der Waals surface area contributed by atoms with E-state index in [9.17, 15) is 4.79 Å². The summed E-state index contributed by atoms with van der Waals surface area (Å²) in [7, 11) is 0. The normalized spacial score (nSPS) is 14.2. The molecule has 3 N–H and O–H groups in total. The van der Waals surface area contributed by atoms with E-state index >= 15 is 0 Å². The second-order valence-corrected chi connectivity index (χ2v) is 5.88. The number of ether oxygens (including phenoxy) is 1. The Bertz CT molecular complexity index is 562. The van der Waals surface area contributed by atoms with Crippen molar-refractivity contribution in [3.63, 3.8) is 0 Å². The fraction of sp³-hybridized carbons (Fsp3) is 0.429. The van der Waals surface area contributed by atoms with Gasteiger partial charge in [-0.1, -0.05) is 23.9 Å². The van der Waals surface area contributed by atoms with Crippen LogP contribution in [0.15, 0.2) is 29.4 Å². The topological polar surface area (TPSA) is 81.0 Å². The number of thioether (sulfide) groups is 1. The van der Waals surface area contributed by atoms with Crippen LogP contribution in [0.2, 0.25) is 0 Å². The first-order valence-corrected chi connectivity index (χ1v) is 7.55. The van der Waals surface area contributed by atoms with Crippen LogP contribution < -0.4 is 5.73 Å². The summed E-state index contributed by atoms with van der Waals surface area (Å²) >= 11 is 1.55. The Morgan fingerprint density at radius 3 is 2.95 bits per heavy atom. The van der Waals surface area contributed by atoms with Gasteiger partial charge in [0.1, 0.15) is 5.54 Å². The molecule has 2 aromatic rings. The van der Waals surface area contributed by atoms with Crippen LogP contribution in [0.3, 0.4) is 0 Å². The maximum absolute atomic E-state index is 11.7. The Labute approximate surface area is 122 Å². The number of carbonyl (C=O) groups is 1. The molecular weight excluding hydrogens is 274 g/mol. The van der Waals surface area contributed by atoms with Crippen LogP contribution in [-0.4, -0.2) is 33.8 Å². The van der Waals surface area contributed by atoms with E-state index in [0.717, 1.165) is 16.2 Å². The quantitative estimate of drug-likeness (QED) is 0.631. The standard InChI is InChI=1S/C14H19N3O2S/c1-3-19-12(18)14(2,15)8-9-20-13-16-10-6-4-5-7-11(10)17-13/h4-7H,3,8-9,15H2,1-2H3,(H,16,17). The first kappa shape index (κ1) is 14.9. The number of imidazole rings is 1. The van der Waals surface area contributed by atoms with Crippen molar-refractivity contribution in [1.29, 1.82) is 0 Å². The second kappa shape index (κ2) is 6.28. The highest BCUT2D eigenvalue weighted by Gasteiger charge is 2.29. The number of aromatic amines is 1. The fourth-order valence-corrected chi connectivity index (χ4v) is 2.82. The summed E-state index contributed by atoms with van der Waals surface area (Å²) in [6.45, 7) is 3.82. The lowest BCUT2D eigenvalue weighted by Crippen LogP contribution is -2.46. The molecule has 0 aliphatic heterocycles. The van der Waals surface area contributed by atoms with Crippen LogP contribution >= 0.6 is 11.8 Å². The number of benzene rings is 1. The third kappa shape index (κ3) is 3.52. The molecule has 20 heavy (non-hydrogen) atoms. The van der Waals surface area contributed by atoms with Gasteiger partial charge in [0, 0.05) is 5.75 Å². The molecule has 1 aromatic carbocycles. The van der Waals surface area contributed by atoms with Crippen LogP contribution in [0.1, 0.15) is 20.3 Å². The molecule has 0 bridgehead atoms. The minimum Gasteiger partial charge on any atom is -0.465 e. The van der Waals surface area contributed by atoms with Gasteiger partial charge in [-0.2, -0.15) is 0 Å². The van der Waals surface area contributed by atoms with E-state index in [1.807, 2.05) is 24.3 Å². The van der Waals surface area contributed by atoms with Crippen molar-refractivity contribution in [3.05, 3.63) is 24.3 Å². The molecule has 0 radical (unpaired) electrons. The molecule has 0 saturated carbocycles. The number of aromatic nitrogens is 2. The molecule has 0 aliphatic carbocycles. The highest BCUT2D eigenvalue weighted by molar-refractivity contribution is 7.99. The molecule has 0 fully saturated rings. The predicted octanol–water partition coefficient (Wildman–Crippen LogP) is 2.33. The Balaban J connectivity index is 1.90. The predicted molar refractivity (Wildman–Crippen MR) is 80.7 cm³/mol. The van der Waals surface area contributed by atoms with Gasteiger partial charge >= 0.3 is 5.97 Å². The van der Waals surface area contributed by atoms with Gasteiger partial charge in [-0.3, -0.25) is 4.79 Å². The third-order valence-corrected chi connectivity index (χ3v) is 3.84. The van der Waals surface area contributed by atoms with Crippen molar-refractivity contribution in [2.45, 2.75) is 31.0 Å². The van der Waals surface area contributed by atoms with Gasteiger partial charge in [-0.15, -0.1) is 0 Å². The van der Waals surface area contributed by atoms with Crippen molar-refractivity contribution < 1.29 is 9.53 Å². The van der Waals surface area contributed by atoms with Crippen molar-refractivity contribution >= 4 is 28.8 Å². The zero-order chi connectivity index (χ0) is 14.6. The van der Waals surface area contributed by atoms with E-state index in [2.05, 4.69) is 9.97 Å². The molecule has 5 nitrogen and oxygen atoms in total. The van der Waals surface area contributed by atoms with Crippen molar-refractivity contribution in [2.75, 3.05) is 12.4 Å². The van der Waals surface area contributed by atoms with Crippen LogP contribution in [-0.2, 0) is 9.53 Å².